The summed E-state index contributed by atoms with van der Waals surface area (Å²) in [6, 6.07) is 1.83. The summed E-state index contributed by atoms with van der Waals surface area (Å²) in [5, 5.41) is 16.7. The Bertz CT molecular complexity index is 898. The van der Waals surface area contributed by atoms with Crippen molar-refractivity contribution in [3.63, 3.8) is 0 Å². The monoisotopic (exact) mass is 404 g/mol. The Hall–Kier alpha value is -2.72. The van der Waals surface area contributed by atoms with Crippen molar-refractivity contribution >= 4 is 17.6 Å². The first-order chi connectivity index (χ1) is 14.0. The van der Waals surface area contributed by atoms with Gasteiger partial charge in [0, 0.05) is 19.2 Å². The molecule has 1 saturated carbocycles. The predicted molar refractivity (Wildman–Crippen MR) is 103 cm³/mol. The van der Waals surface area contributed by atoms with E-state index in [2.05, 4.69) is 24.8 Å². The molecule has 2 aromatic rings. The molecule has 4 rings (SSSR count). The second-order valence-electron chi connectivity index (χ2n) is 7.25. The maximum Gasteiger partial charge on any atom is 0.279 e. The number of allylic oxidation sites excluding steroid dienone is 1. The molecule has 0 amide bonds. The van der Waals surface area contributed by atoms with Gasteiger partial charge in [-0.05, 0) is 30.9 Å². The molecule has 0 aromatic carbocycles. The summed E-state index contributed by atoms with van der Waals surface area (Å²) in [5.74, 6) is 1.63. The molecule has 0 spiro atoms. The molecule has 0 radical (unpaired) electrons. The summed E-state index contributed by atoms with van der Waals surface area (Å²) in [5.41, 5.74) is 0.451. The van der Waals surface area contributed by atoms with Crippen LogP contribution < -0.4 is 4.90 Å². The Morgan fingerprint density at radius 2 is 2.17 bits per heavy atom. The second-order valence-corrected chi connectivity index (χ2v) is 7.25. The summed E-state index contributed by atoms with van der Waals surface area (Å²) >= 11 is 0. The van der Waals surface area contributed by atoms with E-state index in [4.69, 9.17) is 10.1 Å². The van der Waals surface area contributed by atoms with E-state index in [0.29, 0.717) is 36.2 Å². The average Bonchev–Trinajstić information content (AvgIpc) is 3.49. The lowest BCUT2D eigenvalue weighted by atomic mass is 10.1. The number of aromatic amines is 1. The van der Waals surface area contributed by atoms with Crippen LogP contribution in [-0.2, 0) is 4.74 Å². The van der Waals surface area contributed by atoms with Crippen LogP contribution in [-0.4, -0.2) is 69.1 Å². The first kappa shape index (κ1) is 19.6. The lowest BCUT2D eigenvalue weighted by Crippen LogP contribution is -2.50. The number of hydrogen-bond donors (Lipinski definition) is 3. The molecule has 2 fully saturated rings. The quantitative estimate of drug-likeness (QED) is 0.610. The number of aliphatic hydroxyl groups excluding tert-OH is 1. The van der Waals surface area contributed by atoms with Crippen molar-refractivity contribution in [2.75, 3.05) is 24.6 Å². The average molecular weight is 404 g/mol. The molecule has 1 aliphatic carbocycles. The topological polar surface area (TPSA) is 111 Å². The molecule has 0 bridgehead atoms. The highest BCUT2D eigenvalue weighted by Crippen LogP contribution is 2.37. The van der Waals surface area contributed by atoms with Crippen LogP contribution in [0.3, 0.4) is 0 Å². The van der Waals surface area contributed by atoms with Gasteiger partial charge in [0.05, 0.1) is 42.1 Å². The van der Waals surface area contributed by atoms with Crippen molar-refractivity contribution in [2.24, 2.45) is 5.92 Å². The van der Waals surface area contributed by atoms with E-state index in [1.807, 2.05) is 6.07 Å². The number of imidazole rings is 1. The molecule has 3 N–H and O–H groups in total. The zero-order valence-corrected chi connectivity index (χ0v) is 15.6. The standard InChI is InChI=1S/C19H22F2N6O2/c20-19(21)13(22)3-4-17-23-6-15(26-17)14-5-18(25-10-24-14)27-7-12(9-28)29-16(8-27)11-1-2-11/h3-6,10-12,16,19,22,28H,1-2,7-9H2,(H,23,26)/b4-3-,22-13?. The normalized spacial score (nSPS) is 22.6. The van der Waals surface area contributed by atoms with Gasteiger partial charge in [0.2, 0.25) is 0 Å². The number of aromatic nitrogens is 4. The fraction of sp³-hybridized carbons (Fsp3) is 0.474. The molecule has 2 unspecified atom stereocenters. The van der Waals surface area contributed by atoms with Gasteiger partial charge >= 0.3 is 0 Å². The maximum atomic E-state index is 12.4. The Morgan fingerprint density at radius 3 is 2.90 bits per heavy atom. The minimum absolute atomic E-state index is 0.0402. The Balaban J connectivity index is 1.51. The van der Waals surface area contributed by atoms with Gasteiger partial charge in [-0.3, -0.25) is 5.41 Å². The molecule has 2 atom stereocenters. The zero-order valence-electron chi connectivity index (χ0n) is 15.6. The maximum absolute atomic E-state index is 12.4. The molecule has 154 valence electrons. The van der Waals surface area contributed by atoms with Crippen LogP contribution in [0, 0.1) is 11.3 Å². The molecule has 2 aromatic heterocycles. The number of halogens is 2. The van der Waals surface area contributed by atoms with E-state index in [0.717, 1.165) is 24.7 Å². The van der Waals surface area contributed by atoms with Crippen LogP contribution in [0.2, 0.25) is 0 Å². The minimum atomic E-state index is -2.82. The van der Waals surface area contributed by atoms with Gasteiger partial charge in [0.15, 0.2) is 0 Å². The van der Waals surface area contributed by atoms with E-state index in [1.54, 1.807) is 6.20 Å². The lowest BCUT2D eigenvalue weighted by molar-refractivity contribution is -0.0596. The Kier molecular flexibility index (Phi) is 5.63. The van der Waals surface area contributed by atoms with Crippen molar-refractivity contribution < 1.29 is 18.6 Å². The van der Waals surface area contributed by atoms with Crippen LogP contribution in [0.25, 0.3) is 17.5 Å². The zero-order chi connectivity index (χ0) is 20.4. The number of nitrogens with one attached hydrogen (secondary N) is 2. The first-order valence-corrected chi connectivity index (χ1v) is 9.47. The Labute approximate surface area is 166 Å². The van der Waals surface area contributed by atoms with Gasteiger partial charge in [-0.1, -0.05) is 0 Å². The van der Waals surface area contributed by atoms with Crippen LogP contribution in [0.1, 0.15) is 18.7 Å². The van der Waals surface area contributed by atoms with Gasteiger partial charge in [0.1, 0.15) is 18.0 Å². The van der Waals surface area contributed by atoms with Gasteiger partial charge in [0.25, 0.3) is 6.43 Å². The molecule has 2 aliphatic rings. The van der Waals surface area contributed by atoms with Gasteiger partial charge in [-0.25, -0.2) is 23.7 Å². The number of rotatable bonds is 7. The highest BCUT2D eigenvalue weighted by Gasteiger charge is 2.38. The third kappa shape index (κ3) is 4.65. The first-order valence-electron chi connectivity index (χ1n) is 9.47. The summed E-state index contributed by atoms with van der Waals surface area (Å²) in [6.07, 6.45) is 4.69. The highest BCUT2D eigenvalue weighted by atomic mass is 19.3. The van der Waals surface area contributed by atoms with Crippen LogP contribution in [0.15, 0.2) is 24.7 Å². The minimum Gasteiger partial charge on any atom is -0.394 e. The Morgan fingerprint density at radius 1 is 1.34 bits per heavy atom. The van der Waals surface area contributed by atoms with Crippen molar-refractivity contribution in [3.05, 3.63) is 30.5 Å². The second kappa shape index (κ2) is 8.34. The number of morpholine rings is 1. The molecule has 1 saturated heterocycles. The predicted octanol–water partition coefficient (Wildman–Crippen LogP) is 2.14. The molecule has 1 aliphatic heterocycles. The number of anilines is 1. The van der Waals surface area contributed by atoms with Crippen LogP contribution in [0.4, 0.5) is 14.6 Å². The van der Waals surface area contributed by atoms with Crippen molar-refractivity contribution in [1.82, 2.24) is 19.9 Å². The molecular weight excluding hydrogens is 382 g/mol. The van der Waals surface area contributed by atoms with E-state index >= 15 is 0 Å². The van der Waals surface area contributed by atoms with Crippen LogP contribution >= 0.6 is 0 Å². The van der Waals surface area contributed by atoms with Crippen molar-refractivity contribution in [2.45, 2.75) is 31.5 Å². The highest BCUT2D eigenvalue weighted by molar-refractivity contribution is 5.97. The van der Waals surface area contributed by atoms with E-state index < -0.39 is 12.1 Å². The van der Waals surface area contributed by atoms with E-state index in [1.165, 1.54) is 12.4 Å². The number of ether oxygens (including phenoxy) is 1. The molecule has 10 heteroatoms. The lowest BCUT2D eigenvalue weighted by Gasteiger charge is -2.38. The largest absolute Gasteiger partial charge is 0.394 e. The van der Waals surface area contributed by atoms with Crippen molar-refractivity contribution in [3.8, 4) is 11.4 Å². The van der Waals surface area contributed by atoms with Gasteiger partial charge in [-0.2, -0.15) is 0 Å². The van der Waals surface area contributed by atoms with Gasteiger partial charge in [-0.15, -0.1) is 0 Å². The third-order valence-corrected chi connectivity index (χ3v) is 5.05. The third-order valence-electron chi connectivity index (χ3n) is 5.05. The number of nitrogens with zero attached hydrogens (tertiary/aromatic N) is 4. The molecule has 3 heterocycles. The summed E-state index contributed by atoms with van der Waals surface area (Å²) in [6.45, 7) is 1.22. The summed E-state index contributed by atoms with van der Waals surface area (Å²) in [4.78, 5) is 17.9. The van der Waals surface area contributed by atoms with Gasteiger partial charge < -0.3 is 19.7 Å². The van der Waals surface area contributed by atoms with E-state index in [9.17, 15) is 13.9 Å². The number of hydrogen-bond acceptors (Lipinski definition) is 7. The number of aliphatic hydroxyl groups is 1. The molecule has 29 heavy (non-hydrogen) atoms. The fourth-order valence-electron chi connectivity index (χ4n) is 3.35. The number of alkyl halides is 2. The SMILES string of the molecule is N=C(/C=C\c1ncc(-c2cc(N3CC(CO)OC(C4CC4)C3)ncn2)[nH]1)C(F)F. The molecule has 8 nitrogen and oxygen atoms in total. The number of H-pyrrole nitrogens is 1. The fourth-order valence-corrected chi connectivity index (χ4v) is 3.35. The van der Waals surface area contributed by atoms with Crippen LogP contribution in [0.5, 0.6) is 0 Å². The summed E-state index contributed by atoms with van der Waals surface area (Å²) in [7, 11) is 0. The van der Waals surface area contributed by atoms with E-state index in [-0.39, 0.29) is 18.8 Å². The van der Waals surface area contributed by atoms with Crippen molar-refractivity contribution in [1.29, 1.82) is 5.41 Å². The molecular formula is C19H22F2N6O2. The summed E-state index contributed by atoms with van der Waals surface area (Å²) < 4.78 is 30.8. The smallest absolute Gasteiger partial charge is 0.279 e.